The second kappa shape index (κ2) is 5.50. The van der Waals surface area contributed by atoms with Gasteiger partial charge in [0.05, 0.1) is 0 Å². The molecule has 2 fully saturated rings. The molecule has 0 saturated heterocycles. The largest absolute Gasteiger partial charge is 0.382 e. The minimum absolute atomic E-state index is 0.582. The van der Waals surface area contributed by atoms with E-state index in [1.165, 1.54) is 45.1 Å². The van der Waals surface area contributed by atoms with E-state index in [2.05, 4.69) is 19.2 Å². The highest BCUT2D eigenvalue weighted by atomic mass is 16.5. The highest BCUT2D eigenvalue weighted by Crippen LogP contribution is 2.44. The summed E-state index contributed by atoms with van der Waals surface area (Å²) < 4.78 is 5.50. The van der Waals surface area contributed by atoms with Gasteiger partial charge in [-0.2, -0.15) is 0 Å². The third-order valence-electron chi connectivity index (χ3n) is 4.52. The van der Waals surface area contributed by atoms with Crippen molar-refractivity contribution in [3.8, 4) is 0 Å². The first kappa shape index (κ1) is 12.4. The molecule has 0 bridgehead atoms. The molecule has 0 aromatic heterocycles. The maximum absolute atomic E-state index is 5.50. The number of hydrogen-bond acceptors (Lipinski definition) is 2. The summed E-state index contributed by atoms with van der Waals surface area (Å²) >= 11 is 0. The van der Waals surface area contributed by atoms with E-state index in [4.69, 9.17) is 4.74 Å². The zero-order valence-corrected chi connectivity index (χ0v) is 10.9. The molecule has 0 heterocycles. The van der Waals surface area contributed by atoms with Crippen LogP contribution >= 0.6 is 0 Å². The topological polar surface area (TPSA) is 21.3 Å². The quantitative estimate of drug-likeness (QED) is 0.641. The fourth-order valence-corrected chi connectivity index (χ4v) is 2.77. The van der Waals surface area contributed by atoms with E-state index in [1.54, 1.807) is 0 Å². The molecule has 2 aliphatic rings. The molecule has 0 aromatic carbocycles. The lowest BCUT2D eigenvalue weighted by molar-refractivity contribution is 0.0517. The molecule has 1 N–H and O–H groups in total. The summed E-state index contributed by atoms with van der Waals surface area (Å²) in [4.78, 5) is 0. The van der Waals surface area contributed by atoms with Crippen molar-refractivity contribution in [1.29, 1.82) is 0 Å². The molecule has 2 heteroatoms. The third-order valence-corrected chi connectivity index (χ3v) is 4.52. The lowest BCUT2D eigenvalue weighted by Crippen LogP contribution is -2.44. The molecular formula is C14H27NO. The smallest absolute Gasteiger partial charge is 0.0471 e. The van der Waals surface area contributed by atoms with Gasteiger partial charge in [0.1, 0.15) is 0 Å². The molecule has 2 aliphatic carbocycles. The fraction of sp³-hybridized carbons (Fsp3) is 1.00. The maximum Gasteiger partial charge on any atom is 0.0471 e. The standard InChI is InChI=1S/C14H27NO/c1-3-16-10-9-14(7-4-8-14)11-15-12(2)13-5-6-13/h12-13,15H,3-11H2,1-2H3. The average molecular weight is 225 g/mol. The van der Waals surface area contributed by atoms with Crippen molar-refractivity contribution in [3.63, 3.8) is 0 Å². The van der Waals surface area contributed by atoms with Gasteiger partial charge in [0.2, 0.25) is 0 Å². The Labute approximate surface area is 100 Å². The van der Waals surface area contributed by atoms with Crippen LogP contribution in [0.25, 0.3) is 0 Å². The maximum atomic E-state index is 5.50. The second-order valence-electron chi connectivity index (χ2n) is 5.81. The number of nitrogens with one attached hydrogen (secondary N) is 1. The van der Waals surface area contributed by atoms with E-state index in [9.17, 15) is 0 Å². The predicted octanol–water partition coefficient (Wildman–Crippen LogP) is 2.97. The van der Waals surface area contributed by atoms with Crippen molar-refractivity contribution in [1.82, 2.24) is 5.32 Å². The third kappa shape index (κ3) is 3.21. The van der Waals surface area contributed by atoms with Crippen LogP contribution in [0.1, 0.15) is 52.4 Å². The normalized spacial score (nSPS) is 25.1. The molecule has 0 aromatic rings. The number of hydrogen-bond donors (Lipinski definition) is 1. The monoisotopic (exact) mass is 225 g/mol. The van der Waals surface area contributed by atoms with Crippen LogP contribution in [0.3, 0.4) is 0 Å². The molecule has 1 atom stereocenters. The summed E-state index contributed by atoms with van der Waals surface area (Å²) in [5.74, 6) is 0.976. The van der Waals surface area contributed by atoms with E-state index in [0.717, 1.165) is 25.2 Å². The highest BCUT2D eigenvalue weighted by molar-refractivity contribution is 4.92. The Hall–Kier alpha value is -0.0800. The Morgan fingerprint density at radius 1 is 1.38 bits per heavy atom. The lowest BCUT2D eigenvalue weighted by Gasteiger charge is -2.43. The Morgan fingerprint density at radius 2 is 2.12 bits per heavy atom. The van der Waals surface area contributed by atoms with Crippen LogP contribution in [0.15, 0.2) is 0 Å². The number of rotatable bonds is 8. The van der Waals surface area contributed by atoms with Gasteiger partial charge in [-0.05, 0) is 57.3 Å². The summed E-state index contributed by atoms with van der Waals surface area (Å²) in [6.45, 7) is 7.48. The molecule has 2 rings (SSSR count). The molecule has 1 unspecified atom stereocenters. The Kier molecular flexibility index (Phi) is 4.26. The van der Waals surface area contributed by atoms with Gasteiger partial charge in [-0.3, -0.25) is 0 Å². The van der Waals surface area contributed by atoms with Crippen LogP contribution in [-0.2, 0) is 4.74 Å². The van der Waals surface area contributed by atoms with Crippen molar-refractivity contribution < 1.29 is 4.74 Å². The Morgan fingerprint density at radius 3 is 2.62 bits per heavy atom. The molecule has 94 valence electrons. The zero-order chi connectivity index (χ0) is 11.4. The Balaban J connectivity index is 1.66. The molecule has 0 radical (unpaired) electrons. The summed E-state index contributed by atoms with van der Waals surface area (Å²) in [6.07, 6.45) is 8.38. The van der Waals surface area contributed by atoms with E-state index in [-0.39, 0.29) is 0 Å². The first-order valence-corrected chi connectivity index (χ1v) is 7.07. The van der Waals surface area contributed by atoms with E-state index >= 15 is 0 Å². The van der Waals surface area contributed by atoms with Crippen molar-refractivity contribution in [2.45, 2.75) is 58.4 Å². The van der Waals surface area contributed by atoms with Crippen LogP contribution in [0, 0.1) is 11.3 Å². The van der Waals surface area contributed by atoms with Gasteiger partial charge in [-0.25, -0.2) is 0 Å². The van der Waals surface area contributed by atoms with E-state index in [1.807, 2.05) is 0 Å². The minimum Gasteiger partial charge on any atom is -0.382 e. The Bertz CT molecular complexity index is 209. The van der Waals surface area contributed by atoms with Crippen LogP contribution < -0.4 is 5.32 Å². The summed E-state index contributed by atoms with van der Waals surface area (Å²) in [5.41, 5.74) is 0.582. The summed E-state index contributed by atoms with van der Waals surface area (Å²) in [5, 5.41) is 3.76. The van der Waals surface area contributed by atoms with Gasteiger partial charge >= 0.3 is 0 Å². The minimum atomic E-state index is 0.582. The molecule has 0 aliphatic heterocycles. The molecule has 0 spiro atoms. The van der Waals surface area contributed by atoms with Crippen LogP contribution in [0.4, 0.5) is 0 Å². The van der Waals surface area contributed by atoms with Crippen molar-refractivity contribution in [3.05, 3.63) is 0 Å². The van der Waals surface area contributed by atoms with Gasteiger partial charge in [-0.15, -0.1) is 0 Å². The van der Waals surface area contributed by atoms with Gasteiger partial charge < -0.3 is 10.1 Å². The lowest BCUT2D eigenvalue weighted by atomic mass is 9.66. The van der Waals surface area contributed by atoms with Gasteiger partial charge in [0.15, 0.2) is 0 Å². The first-order valence-electron chi connectivity index (χ1n) is 7.07. The van der Waals surface area contributed by atoms with E-state index < -0.39 is 0 Å². The first-order chi connectivity index (χ1) is 7.76. The van der Waals surface area contributed by atoms with Crippen molar-refractivity contribution in [2.75, 3.05) is 19.8 Å². The van der Waals surface area contributed by atoms with Crippen LogP contribution in [-0.4, -0.2) is 25.8 Å². The molecular weight excluding hydrogens is 198 g/mol. The highest BCUT2D eigenvalue weighted by Gasteiger charge is 2.37. The van der Waals surface area contributed by atoms with Gasteiger partial charge in [0, 0.05) is 25.8 Å². The molecule has 2 nitrogen and oxygen atoms in total. The van der Waals surface area contributed by atoms with Gasteiger partial charge in [0.25, 0.3) is 0 Å². The molecule has 2 saturated carbocycles. The van der Waals surface area contributed by atoms with E-state index in [0.29, 0.717) is 5.41 Å². The predicted molar refractivity (Wildman–Crippen MR) is 67.6 cm³/mol. The van der Waals surface area contributed by atoms with Crippen LogP contribution in [0.2, 0.25) is 0 Å². The fourth-order valence-electron chi connectivity index (χ4n) is 2.77. The summed E-state index contributed by atoms with van der Waals surface area (Å²) in [6, 6.07) is 0.740. The second-order valence-corrected chi connectivity index (χ2v) is 5.81. The van der Waals surface area contributed by atoms with Gasteiger partial charge in [-0.1, -0.05) is 6.42 Å². The van der Waals surface area contributed by atoms with Crippen molar-refractivity contribution >= 4 is 0 Å². The summed E-state index contributed by atoms with van der Waals surface area (Å²) in [7, 11) is 0. The SMILES string of the molecule is CCOCCC1(CNC(C)C2CC2)CCC1. The average Bonchev–Trinajstić information content (AvgIpc) is 3.04. The van der Waals surface area contributed by atoms with Crippen molar-refractivity contribution in [2.24, 2.45) is 11.3 Å². The zero-order valence-electron chi connectivity index (χ0n) is 10.9. The van der Waals surface area contributed by atoms with Crippen LogP contribution in [0.5, 0.6) is 0 Å². The molecule has 0 amide bonds. The molecule has 16 heavy (non-hydrogen) atoms. The number of ether oxygens (including phenoxy) is 1.